The second-order valence-electron chi connectivity index (χ2n) is 5.29. The van der Waals surface area contributed by atoms with E-state index in [0.717, 1.165) is 23.3 Å². The molecule has 132 valence electrons. The largest absolute Gasteiger partial charge is 0.416 e. The lowest BCUT2D eigenvalue weighted by Crippen LogP contribution is -2.29. The van der Waals surface area contributed by atoms with Gasteiger partial charge in [0, 0.05) is 6.54 Å². The molecule has 0 bridgehead atoms. The number of aliphatic hydroxyl groups is 1. The second-order valence-corrected chi connectivity index (χ2v) is 5.29. The van der Waals surface area contributed by atoms with Gasteiger partial charge in [-0.3, -0.25) is 0 Å². The number of hydrogen-bond acceptors (Lipinski definition) is 3. The molecule has 0 unspecified atom stereocenters. The summed E-state index contributed by atoms with van der Waals surface area (Å²) in [6, 6.07) is 12.3. The summed E-state index contributed by atoms with van der Waals surface area (Å²) in [5.74, 6) is 5.49. The van der Waals surface area contributed by atoms with Crippen LogP contribution in [0.2, 0.25) is 0 Å². The zero-order chi connectivity index (χ0) is 18.4. The molecule has 0 fully saturated rings. The number of nitrogens with zero attached hydrogens (tertiary/aromatic N) is 2. The molecule has 25 heavy (non-hydrogen) atoms. The van der Waals surface area contributed by atoms with Crippen molar-refractivity contribution in [2.75, 3.05) is 6.61 Å². The maximum Gasteiger partial charge on any atom is 0.416 e. The molecule has 0 saturated heterocycles. The van der Waals surface area contributed by atoms with Crippen molar-refractivity contribution in [2.24, 2.45) is 10.9 Å². The number of nitrogens with two attached hydrogens (primary N) is 1. The fourth-order valence-electron chi connectivity index (χ4n) is 2.32. The first-order chi connectivity index (χ1) is 11.9. The molecular formula is C18H18F3N3O. The topological polar surface area (TPSA) is 61.8 Å². The first-order valence-corrected chi connectivity index (χ1v) is 7.42. The van der Waals surface area contributed by atoms with E-state index in [2.05, 4.69) is 11.7 Å². The van der Waals surface area contributed by atoms with Crippen LogP contribution in [0.25, 0.3) is 11.1 Å². The predicted molar refractivity (Wildman–Crippen MR) is 91.3 cm³/mol. The molecule has 0 aliphatic heterocycles. The second kappa shape index (κ2) is 7.85. The number of hydrogen-bond donors (Lipinski definition) is 2. The van der Waals surface area contributed by atoms with Gasteiger partial charge < -0.3 is 15.8 Å². The fraction of sp³-hybridized carbons (Fsp3) is 0.167. The van der Waals surface area contributed by atoms with Crippen LogP contribution < -0.4 is 5.84 Å². The smallest absolute Gasteiger partial charge is 0.388 e. The van der Waals surface area contributed by atoms with Gasteiger partial charge in [-0.1, -0.05) is 43.0 Å². The highest BCUT2D eigenvalue weighted by molar-refractivity contribution is 5.83. The van der Waals surface area contributed by atoms with Crippen molar-refractivity contribution in [3.05, 3.63) is 72.4 Å². The van der Waals surface area contributed by atoms with Gasteiger partial charge in [0.1, 0.15) is 6.61 Å². The van der Waals surface area contributed by atoms with Gasteiger partial charge in [0.2, 0.25) is 0 Å². The van der Waals surface area contributed by atoms with E-state index >= 15 is 0 Å². The van der Waals surface area contributed by atoms with Crippen LogP contribution in [0.3, 0.4) is 0 Å². The maximum atomic E-state index is 12.6. The van der Waals surface area contributed by atoms with Crippen LogP contribution >= 0.6 is 0 Å². The Balaban J connectivity index is 2.15. The van der Waals surface area contributed by atoms with Gasteiger partial charge in [-0.25, -0.2) is 0 Å². The van der Waals surface area contributed by atoms with E-state index in [0.29, 0.717) is 12.1 Å². The Kier molecular flexibility index (Phi) is 5.82. The average molecular weight is 349 g/mol. The van der Waals surface area contributed by atoms with Gasteiger partial charge in [-0.2, -0.15) is 18.3 Å². The number of amidine groups is 1. The van der Waals surface area contributed by atoms with Crippen LogP contribution in [-0.4, -0.2) is 22.4 Å². The maximum absolute atomic E-state index is 12.6. The predicted octanol–water partition coefficient (Wildman–Crippen LogP) is 3.58. The summed E-state index contributed by atoms with van der Waals surface area (Å²) >= 11 is 0. The van der Waals surface area contributed by atoms with Crippen molar-refractivity contribution in [1.29, 1.82) is 0 Å². The summed E-state index contributed by atoms with van der Waals surface area (Å²) in [5.41, 5.74) is 1.73. The molecule has 0 aliphatic rings. The van der Waals surface area contributed by atoms with E-state index < -0.39 is 11.7 Å². The summed E-state index contributed by atoms with van der Waals surface area (Å²) in [6.45, 7) is 3.75. The molecule has 0 aromatic heterocycles. The Morgan fingerprint density at radius 1 is 1.08 bits per heavy atom. The number of hydrazone groups is 1. The normalized spacial score (nSPS) is 12.1. The minimum absolute atomic E-state index is 0.279. The quantitative estimate of drug-likeness (QED) is 0.375. The van der Waals surface area contributed by atoms with E-state index in [4.69, 9.17) is 5.84 Å². The Hall–Kier alpha value is -2.80. The van der Waals surface area contributed by atoms with Crippen molar-refractivity contribution in [3.63, 3.8) is 0 Å². The third-order valence-electron chi connectivity index (χ3n) is 3.69. The lowest BCUT2D eigenvalue weighted by Gasteiger charge is -2.20. The van der Waals surface area contributed by atoms with Crippen LogP contribution in [0.5, 0.6) is 0 Å². The SMILES string of the molecule is C=CN(Cc1ccc(-c2ccc(C(F)(F)F)cc2)cc1)/C(CO)=N\N. The van der Waals surface area contributed by atoms with E-state index in [9.17, 15) is 18.3 Å². The fourth-order valence-corrected chi connectivity index (χ4v) is 2.32. The molecule has 0 radical (unpaired) electrons. The first-order valence-electron chi connectivity index (χ1n) is 7.42. The van der Waals surface area contributed by atoms with Crippen molar-refractivity contribution >= 4 is 5.84 Å². The molecule has 0 atom stereocenters. The van der Waals surface area contributed by atoms with Crippen molar-refractivity contribution in [2.45, 2.75) is 12.7 Å². The van der Waals surface area contributed by atoms with Crippen LogP contribution in [0, 0.1) is 0 Å². The zero-order valence-electron chi connectivity index (χ0n) is 13.4. The number of rotatable bonds is 5. The van der Waals surface area contributed by atoms with E-state index in [-0.39, 0.29) is 12.4 Å². The summed E-state index contributed by atoms with van der Waals surface area (Å²) in [5, 5.41) is 12.7. The summed E-state index contributed by atoms with van der Waals surface area (Å²) < 4.78 is 37.8. The number of halogens is 3. The molecule has 3 N–H and O–H groups in total. The molecule has 0 aliphatic carbocycles. The molecule has 0 saturated carbocycles. The van der Waals surface area contributed by atoms with Gasteiger partial charge in [0.25, 0.3) is 0 Å². The molecule has 2 aromatic carbocycles. The summed E-state index contributed by atoms with van der Waals surface area (Å²) in [7, 11) is 0. The van der Waals surface area contributed by atoms with Gasteiger partial charge >= 0.3 is 6.18 Å². The Bertz CT molecular complexity index is 738. The Morgan fingerprint density at radius 3 is 2.00 bits per heavy atom. The van der Waals surface area contributed by atoms with Gasteiger partial charge in [0.05, 0.1) is 5.56 Å². The summed E-state index contributed by atoms with van der Waals surface area (Å²) in [6.07, 6.45) is -2.84. The molecule has 7 heteroatoms. The van der Waals surface area contributed by atoms with Crippen LogP contribution in [0.4, 0.5) is 13.2 Å². The third kappa shape index (κ3) is 4.60. The molecule has 0 spiro atoms. The molecule has 0 amide bonds. The Labute approximate surface area is 143 Å². The zero-order valence-corrected chi connectivity index (χ0v) is 13.4. The molecule has 0 heterocycles. The van der Waals surface area contributed by atoms with Crippen LogP contribution in [-0.2, 0) is 12.7 Å². The average Bonchev–Trinajstić information content (AvgIpc) is 2.61. The van der Waals surface area contributed by atoms with Crippen LogP contribution in [0.1, 0.15) is 11.1 Å². The number of benzene rings is 2. The first kappa shape index (κ1) is 18.5. The monoisotopic (exact) mass is 349 g/mol. The highest BCUT2D eigenvalue weighted by Crippen LogP contribution is 2.31. The molecule has 4 nitrogen and oxygen atoms in total. The van der Waals surface area contributed by atoms with Gasteiger partial charge in [0.15, 0.2) is 5.84 Å². The van der Waals surface area contributed by atoms with E-state index in [1.807, 2.05) is 24.3 Å². The van der Waals surface area contributed by atoms with Gasteiger partial charge in [-0.05, 0) is 35.0 Å². The van der Waals surface area contributed by atoms with Crippen molar-refractivity contribution in [3.8, 4) is 11.1 Å². The standard InChI is InChI=1S/C18H18F3N3O/c1-2-24(17(12-25)23-22)11-13-3-5-14(6-4-13)15-7-9-16(10-8-15)18(19,20)21/h2-10,25H,1,11-12,22H2/b23-17-. The van der Waals surface area contributed by atoms with Crippen molar-refractivity contribution in [1.82, 2.24) is 4.90 Å². The number of alkyl halides is 3. The third-order valence-corrected chi connectivity index (χ3v) is 3.69. The molecule has 2 rings (SSSR count). The minimum Gasteiger partial charge on any atom is -0.388 e. The highest BCUT2D eigenvalue weighted by atomic mass is 19.4. The highest BCUT2D eigenvalue weighted by Gasteiger charge is 2.29. The summed E-state index contributed by atoms with van der Waals surface area (Å²) in [4.78, 5) is 1.60. The van der Waals surface area contributed by atoms with Crippen molar-refractivity contribution < 1.29 is 18.3 Å². The number of aliphatic hydroxyl groups excluding tert-OH is 1. The lowest BCUT2D eigenvalue weighted by molar-refractivity contribution is -0.137. The van der Waals surface area contributed by atoms with Gasteiger partial charge in [-0.15, -0.1) is 0 Å². The molecule has 2 aromatic rings. The minimum atomic E-state index is -4.34. The van der Waals surface area contributed by atoms with Crippen LogP contribution in [0.15, 0.2) is 66.4 Å². The Morgan fingerprint density at radius 2 is 1.60 bits per heavy atom. The van der Waals surface area contributed by atoms with E-state index in [1.54, 1.807) is 4.90 Å². The lowest BCUT2D eigenvalue weighted by atomic mass is 10.0. The molecular weight excluding hydrogens is 331 g/mol. The van der Waals surface area contributed by atoms with E-state index in [1.165, 1.54) is 18.3 Å².